The lowest BCUT2D eigenvalue weighted by molar-refractivity contribution is -0.138. The van der Waals surface area contributed by atoms with Gasteiger partial charge in [0, 0.05) is 5.46 Å². The van der Waals surface area contributed by atoms with E-state index in [1.54, 1.807) is 6.07 Å². The van der Waals surface area contributed by atoms with Crippen LogP contribution in [0, 0.1) is 0 Å². The van der Waals surface area contributed by atoms with Crippen molar-refractivity contribution in [2.75, 3.05) is 0 Å². The van der Waals surface area contributed by atoms with E-state index in [4.69, 9.17) is 14.0 Å². The molecule has 0 bridgehead atoms. The van der Waals surface area contributed by atoms with Gasteiger partial charge in [0.05, 0.1) is 22.9 Å². The first-order valence-corrected chi connectivity index (χ1v) is 7.74. The van der Waals surface area contributed by atoms with E-state index in [0.29, 0.717) is 5.46 Å². The zero-order valence-corrected chi connectivity index (χ0v) is 13.7. The molecular weight excluding hydrogens is 308 g/mol. The highest BCUT2D eigenvalue weighted by atomic mass is 19.4. The Kier molecular flexibility index (Phi) is 3.72. The van der Waals surface area contributed by atoms with Gasteiger partial charge in [-0.25, -0.2) is 0 Å². The molecule has 7 heteroatoms. The first-order valence-electron chi connectivity index (χ1n) is 7.74. The molecule has 1 heterocycles. The maximum Gasteiger partial charge on any atom is 0.498 e. The predicted octanol–water partition coefficient (Wildman–Crippen LogP) is 3.55. The summed E-state index contributed by atoms with van der Waals surface area (Å²) in [6.45, 7) is 7.45. The van der Waals surface area contributed by atoms with E-state index < -0.39 is 30.1 Å². The van der Waals surface area contributed by atoms with Gasteiger partial charge in [-0.15, -0.1) is 0 Å². The Bertz CT molecular complexity index is 593. The third-order valence-electron chi connectivity index (χ3n) is 4.67. The van der Waals surface area contributed by atoms with Crippen molar-refractivity contribution in [3.8, 4) is 5.75 Å². The monoisotopic (exact) mass is 328 g/mol. The van der Waals surface area contributed by atoms with E-state index in [2.05, 4.69) is 0 Å². The van der Waals surface area contributed by atoms with E-state index in [1.165, 1.54) is 6.07 Å². The van der Waals surface area contributed by atoms with E-state index in [9.17, 15) is 13.2 Å². The molecular formula is C16H20BF3O3. The Balaban J connectivity index is 2.02. The van der Waals surface area contributed by atoms with E-state index in [1.807, 2.05) is 27.7 Å². The molecule has 1 aliphatic carbocycles. The van der Waals surface area contributed by atoms with Crippen LogP contribution in [0.5, 0.6) is 5.75 Å². The van der Waals surface area contributed by atoms with Crippen molar-refractivity contribution in [2.45, 2.75) is 64.0 Å². The molecule has 126 valence electrons. The van der Waals surface area contributed by atoms with Crippen molar-refractivity contribution < 1.29 is 27.2 Å². The van der Waals surface area contributed by atoms with E-state index in [-0.39, 0.29) is 11.9 Å². The standard InChI is InChI=1S/C16H20BF3O3/c1-14(2)15(3,4)23-17(22-14)12-7-5-6-11(16(18,19)20)13(12)21-10-8-9-10/h5-7,10H,8-9H2,1-4H3. The second kappa shape index (κ2) is 5.15. The molecule has 1 aromatic rings. The minimum atomic E-state index is -4.48. The zero-order chi connectivity index (χ0) is 17.0. The summed E-state index contributed by atoms with van der Waals surface area (Å²) in [6.07, 6.45) is -3.09. The fourth-order valence-corrected chi connectivity index (χ4v) is 2.42. The molecule has 0 aromatic heterocycles. The largest absolute Gasteiger partial charge is 0.498 e. The van der Waals surface area contributed by atoms with Gasteiger partial charge < -0.3 is 14.0 Å². The Hall–Kier alpha value is -1.21. The molecule has 0 spiro atoms. The van der Waals surface area contributed by atoms with Gasteiger partial charge in [0.15, 0.2) is 0 Å². The fourth-order valence-electron chi connectivity index (χ4n) is 2.42. The topological polar surface area (TPSA) is 27.7 Å². The maximum atomic E-state index is 13.3. The summed E-state index contributed by atoms with van der Waals surface area (Å²) in [4.78, 5) is 0. The molecule has 0 unspecified atom stereocenters. The van der Waals surface area contributed by atoms with Crippen molar-refractivity contribution in [3.05, 3.63) is 23.8 Å². The number of hydrogen-bond acceptors (Lipinski definition) is 3. The first kappa shape index (κ1) is 16.6. The Morgan fingerprint density at radius 3 is 2.13 bits per heavy atom. The maximum absolute atomic E-state index is 13.3. The lowest BCUT2D eigenvalue weighted by Crippen LogP contribution is -2.41. The third-order valence-corrected chi connectivity index (χ3v) is 4.67. The number of ether oxygens (including phenoxy) is 1. The minimum Gasteiger partial charge on any atom is -0.490 e. The van der Waals surface area contributed by atoms with Crippen LogP contribution in [-0.4, -0.2) is 24.4 Å². The van der Waals surface area contributed by atoms with Crippen LogP contribution in [0.1, 0.15) is 46.1 Å². The van der Waals surface area contributed by atoms with Crippen LogP contribution in [-0.2, 0) is 15.5 Å². The number of benzene rings is 1. The van der Waals surface area contributed by atoms with Crippen LogP contribution in [0.15, 0.2) is 18.2 Å². The number of halogens is 3. The number of rotatable bonds is 3. The molecule has 2 fully saturated rings. The van der Waals surface area contributed by atoms with Gasteiger partial charge in [0.2, 0.25) is 0 Å². The highest BCUT2D eigenvalue weighted by Gasteiger charge is 2.53. The van der Waals surface area contributed by atoms with Crippen molar-refractivity contribution >= 4 is 12.6 Å². The van der Waals surface area contributed by atoms with Crippen LogP contribution in [0.3, 0.4) is 0 Å². The fraction of sp³-hybridized carbons (Fsp3) is 0.625. The molecule has 0 N–H and O–H groups in total. The van der Waals surface area contributed by atoms with Crippen molar-refractivity contribution in [2.24, 2.45) is 0 Å². The Morgan fingerprint density at radius 1 is 1.09 bits per heavy atom. The van der Waals surface area contributed by atoms with Crippen LogP contribution >= 0.6 is 0 Å². The molecule has 3 nitrogen and oxygen atoms in total. The summed E-state index contributed by atoms with van der Waals surface area (Å²) in [7, 11) is -0.879. The van der Waals surface area contributed by atoms with Crippen molar-refractivity contribution in [1.29, 1.82) is 0 Å². The minimum absolute atomic E-state index is 0.153. The van der Waals surface area contributed by atoms with Gasteiger partial charge in [-0.05, 0) is 46.6 Å². The lowest BCUT2D eigenvalue weighted by Gasteiger charge is -2.32. The SMILES string of the molecule is CC1(C)OB(c2cccc(C(F)(F)F)c2OC2CC2)OC1(C)C. The third kappa shape index (κ3) is 3.09. The normalized spacial score (nSPS) is 23.2. The Morgan fingerprint density at radius 2 is 1.65 bits per heavy atom. The van der Waals surface area contributed by atoms with Gasteiger partial charge >= 0.3 is 13.3 Å². The average Bonchev–Trinajstić information content (AvgIpc) is 3.16. The summed E-state index contributed by atoms with van der Waals surface area (Å²) in [6, 6.07) is 3.98. The van der Waals surface area contributed by atoms with Crippen LogP contribution in [0.2, 0.25) is 0 Å². The second-order valence-electron chi connectivity index (χ2n) is 7.13. The Labute approximate surface area is 134 Å². The molecule has 0 atom stereocenters. The molecule has 3 rings (SSSR count). The van der Waals surface area contributed by atoms with E-state index >= 15 is 0 Å². The quantitative estimate of drug-likeness (QED) is 0.795. The molecule has 0 amide bonds. The van der Waals surface area contributed by atoms with Gasteiger partial charge in [0.1, 0.15) is 5.75 Å². The molecule has 0 radical (unpaired) electrons. The summed E-state index contributed by atoms with van der Waals surface area (Å²) in [5, 5.41) is 0. The van der Waals surface area contributed by atoms with Crippen LogP contribution in [0.4, 0.5) is 13.2 Å². The molecule has 1 aromatic carbocycles. The van der Waals surface area contributed by atoms with Gasteiger partial charge in [-0.2, -0.15) is 13.2 Å². The summed E-state index contributed by atoms with van der Waals surface area (Å²) in [5.41, 5.74) is -1.73. The van der Waals surface area contributed by atoms with E-state index in [0.717, 1.165) is 18.9 Å². The molecule has 1 aliphatic heterocycles. The highest BCUT2D eigenvalue weighted by Crippen LogP contribution is 2.41. The van der Waals surface area contributed by atoms with Crippen molar-refractivity contribution in [1.82, 2.24) is 0 Å². The second-order valence-corrected chi connectivity index (χ2v) is 7.13. The van der Waals surface area contributed by atoms with Gasteiger partial charge in [-0.1, -0.05) is 12.1 Å². The summed E-state index contributed by atoms with van der Waals surface area (Å²) < 4.78 is 57.4. The smallest absolute Gasteiger partial charge is 0.490 e. The molecule has 1 saturated carbocycles. The average molecular weight is 328 g/mol. The molecule has 23 heavy (non-hydrogen) atoms. The zero-order valence-electron chi connectivity index (χ0n) is 13.7. The van der Waals surface area contributed by atoms with Crippen LogP contribution in [0.25, 0.3) is 0 Å². The number of para-hydroxylation sites is 1. The van der Waals surface area contributed by atoms with Crippen molar-refractivity contribution in [3.63, 3.8) is 0 Å². The van der Waals surface area contributed by atoms with Gasteiger partial charge in [-0.3, -0.25) is 0 Å². The molecule has 2 aliphatic rings. The van der Waals surface area contributed by atoms with Crippen LogP contribution < -0.4 is 10.2 Å². The molecule has 1 saturated heterocycles. The number of hydrogen-bond donors (Lipinski definition) is 0. The number of alkyl halides is 3. The van der Waals surface area contributed by atoms with Gasteiger partial charge in [0.25, 0.3) is 0 Å². The predicted molar refractivity (Wildman–Crippen MR) is 80.8 cm³/mol. The first-order chi connectivity index (χ1) is 10.5. The summed E-state index contributed by atoms with van der Waals surface area (Å²) in [5.74, 6) is -0.166. The lowest BCUT2D eigenvalue weighted by atomic mass is 9.77. The highest BCUT2D eigenvalue weighted by molar-refractivity contribution is 6.63. The summed E-state index contributed by atoms with van der Waals surface area (Å²) >= 11 is 0.